The minimum Gasteiger partial charge on any atom is -0.371 e. The van der Waals surface area contributed by atoms with E-state index in [-0.39, 0.29) is 6.10 Å². The number of rotatable bonds is 4. The van der Waals surface area contributed by atoms with Crippen molar-refractivity contribution in [2.75, 3.05) is 25.0 Å². The van der Waals surface area contributed by atoms with Gasteiger partial charge in [-0.3, -0.25) is 0 Å². The van der Waals surface area contributed by atoms with Gasteiger partial charge in [-0.1, -0.05) is 18.2 Å². The average molecular weight is 399 g/mol. The Hall–Kier alpha value is -3.22. The van der Waals surface area contributed by atoms with E-state index in [1.165, 1.54) is 16.7 Å². The van der Waals surface area contributed by atoms with Crippen LogP contribution in [0.5, 0.6) is 0 Å². The summed E-state index contributed by atoms with van der Waals surface area (Å²) >= 11 is 0. The van der Waals surface area contributed by atoms with Crippen LogP contribution in [0.25, 0.3) is 16.7 Å². The molecule has 4 aromatic rings. The van der Waals surface area contributed by atoms with Crippen molar-refractivity contribution in [3.8, 4) is 5.69 Å². The van der Waals surface area contributed by atoms with Crippen molar-refractivity contribution >= 4 is 22.7 Å². The molecule has 1 atom stereocenters. The number of nitrogens with one attached hydrogen (secondary N) is 2. The van der Waals surface area contributed by atoms with Crippen molar-refractivity contribution in [3.63, 3.8) is 0 Å². The summed E-state index contributed by atoms with van der Waals surface area (Å²) in [5, 5.41) is 7.71. The Labute approximate surface area is 175 Å². The SMILES string of the molecule is Cc1ccc(Nc2ncc3ccn(-c4ccc(C5CNCCO5)cc4)c3n2)cc1C. The summed E-state index contributed by atoms with van der Waals surface area (Å²) in [6.45, 7) is 6.74. The number of ether oxygens (including phenoxy) is 1. The summed E-state index contributed by atoms with van der Waals surface area (Å²) in [5.41, 5.74) is 6.62. The van der Waals surface area contributed by atoms with E-state index in [9.17, 15) is 0 Å². The average Bonchev–Trinajstić information content (AvgIpc) is 3.20. The molecule has 2 aromatic carbocycles. The van der Waals surface area contributed by atoms with Crippen LogP contribution < -0.4 is 10.6 Å². The van der Waals surface area contributed by atoms with Crippen molar-refractivity contribution in [1.82, 2.24) is 19.9 Å². The number of benzene rings is 2. The molecule has 1 aliphatic heterocycles. The van der Waals surface area contributed by atoms with Gasteiger partial charge in [-0.2, -0.15) is 4.98 Å². The van der Waals surface area contributed by atoms with Gasteiger partial charge in [0.1, 0.15) is 5.65 Å². The van der Waals surface area contributed by atoms with Crippen LogP contribution in [-0.4, -0.2) is 34.2 Å². The van der Waals surface area contributed by atoms with Crippen LogP contribution >= 0.6 is 0 Å². The van der Waals surface area contributed by atoms with E-state index >= 15 is 0 Å². The number of aryl methyl sites for hydroxylation is 2. The van der Waals surface area contributed by atoms with E-state index < -0.39 is 0 Å². The van der Waals surface area contributed by atoms with Crippen LogP contribution in [0.4, 0.5) is 11.6 Å². The van der Waals surface area contributed by atoms with E-state index in [4.69, 9.17) is 9.72 Å². The number of hydrogen-bond acceptors (Lipinski definition) is 5. The molecular formula is C24H25N5O. The smallest absolute Gasteiger partial charge is 0.229 e. The molecule has 3 heterocycles. The second-order valence-electron chi connectivity index (χ2n) is 7.74. The topological polar surface area (TPSA) is 64.0 Å². The highest BCUT2D eigenvalue weighted by molar-refractivity contribution is 5.78. The van der Waals surface area contributed by atoms with Gasteiger partial charge in [0.05, 0.1) is 12.7 Å². The summed E-state index contributed by atoms with van der Waals surface area (Å²) in [5.74, 6) is 0.587. The zero-order valence-corrected chi connectivity index (χ0v) is 17.2. The third-order valence-corrected chi connectivity index (χ3v) is 5.66. The third kappa shape index (κ3) is 3.67. The van der Waals surface area contributed by atoms with E-state index in [0.717, 1.165) is 42.1 Å². The molecule has 0 spiro atoms. The van der Waals surface area contributed by atoms with Gasteiger partial charge in [-0.25, -0.2) is 4.98 Å². The number of aromatic nitrogens is 3. The Bertz CT molecular complexity index is 1180. The summed E-state index contributed by atoms with van der Waals surface area (Å²) in [6, 6.07) is 16.8. The van der Waals surface area contributed by atoms with Crippen molar-refractivity contribution in [3.05, 3.63) is 77.6 Å². The summed E-state index contributed by atoms with van der Waals surface area (Å²) < 4.78 is 7.94. The Morgan fingerprint density at radius 3 is 2.70 bits per heavy atom. The van der Waals surface area contributed by atoms with Gasteiger partial charge in [0.25, 0.3) is 0 Å². The summed E-state index contributed by atoms with van der Waals surface area (Å²) in [6.07, 6.45) is 4.01. The van der Waals surface area contributed by atoms with Crippen LogP contribution in [0, 0.1) is 13.8 Å². The predicted octanol–water partition coefficient (Wildman–Crippen LogP) is 4.44. The zero-order chi connectivity index (χ0) is 20.5. The molecule has 1 saturated heterocycles. The van der Waals surface area contributed by atoms with Gasteiger partial charge >= 0.3 is 0 Å². The molecule has 1 unspecified atom stereocenters. The van der Waals surface area contributed by atoms with Gasteiger partial charge in [0.15, 0.2) is 0 Å². The fraction of sp³-hybridized carbons (Fsp3) is 0.250. The Morgan fingerprint density at radius 2 is 1.93 bits per heavy atom. The quantitative estimate of drug-likeness (QED) is 0.531. The van der Waals surface area contributed by atoms with Gasteiger partial charge in [0, 0.05) is 42.2 Å². The van der Waals surface area contributed by atoms with E-state index in [2.05, 4.69) is 76.5 Å². The molecule has 0 saturated carbocycles. The standard InChI is InChI=1S/C24H25N5O/c1-16-3-6-20(13-17(16)2)27-24-26-14-19-9-11-29(23(19)28-24)21-7-4-18(5-8-21)22-15-25-10-12-30-22/h3-9,11,13-14,22,25H,10,12,15H2,1-2H3,(H,26,27,28). The maximum Gasteiger partial charge on any atom is 0.229 e. The number of nitrogens with zero attached hydrogens (tertiary/aromatic N) is 3. The van der Waals surface area contributed by atoms with E-state index in [0.29, 0.717) is 5.95 Å². The minimum atomic E-state index is 0.116. The monoisotopic (exact) mass is 399 g/mol. The lowest BCUT2D eigenvalue weighted by Gasteiger charge is -2.24. The number of anilines is 2. The highest BCUT2D eigenvalue weighted by Crippen LogP contribution is 2.24. The van der Waals surface area contributed by atoms with Crippen LogP contribution in [0.15, 0.2) is 60.9 Å². The van der Waals surface area contributed by atoms with Crippen LogP contribution in [0.3, 0.4) is 0 Å². The Kier molecular flexibility index (Phi) is 4.94. The third-order valence-electron chi connectivity index (χ3n) is 5.66. The highest BCUT2D eigenvalue weighted by atomic mass is 16.5. The largest absolute Gasteiger partial charge is 0.371 e. The molecule has 6 nitrogen and oxygen atoms in total. The number of hydrogen-bond donors (Lipinski definition) is 2. The molecule has 5 rings (SSSR count). The second kappa shape index (κ2) is 7.89. The van der Waals surface area contributed by atoms with Crippen molar-refractivity contribution in [2.45, 2.75) is 20.0 Å². The molecule has 2 N–H and O–H groups in total. The second-order valence-corrected chi connectivity index (χ2v) is 7.74. The summed E-state index contributed by atoms with van der Waals surface area (Å²) in [7, 11) is 0. The molecular weight excluding hydrogens is 374 g/mol. The molecule has 152 valence electrons. The zero-order valence-electron chi connectivity index (χ0n) is 17.2. The lowest BCUT2D eigenvalue weighted by molar-refractivity contribution is 0.0277. The van der Waals surface area contributed by atoms with Crippen LogP contribution in [0.2, 0.25) is 0 Å². The number of fused-ring (bicyclic) bond motifs is 1. The van der Waals surface area contributed by atoms with Crippen LogP contribution in [-0.2, 0) is 4.74 Å². The molecule has 0 aliphatic carbocycles. The molecule has 0 amide bonds. The van der Waals surface area contributed by atoms with Gasteiger partial charge in [0.2, 0.25) is 5.95 Å². The Balaban J connectivity index is 1.43. The van der Waals surface area contributed by atoms with Gasteiger partial charge in [-0.15, -0.1) is 0 Å². The molecule has 2 aromatic heterocycles. The first-order valence-corrected chi connectivity index (χ1v) is 10.3. The Morgan fingerprint density at radius 1 is 1.07 bits per heavy atom. The molecule has 6 heteroatoms. The van der Waals surface area contributed by atoms with Crippen LogP contribution in [0.1, 0.15) is 22.8 Å². The van der Waals surface area contributed by atoms with E-state index in [1.54, 1.807) is 0 Å². The van der Waals surface area contributed by atoms with Crippen molar-refractivity contribution in [1.29, 1.82) is 0 Å². The lowest BCUT2D eigenvalue weighted by atomic mass is 10.1. The minimum absolute atomic E-state index is 0.116. The summed E-state index contributed by atoms with van der Waals surface area (Å²) in [4.78, 5) is 9.25. The molecule has 1 aliphatic rings. The van der Waals surface area contributed by atoms with Crippen molar-refractivity contribution in [2.24, 2.45) is 0 Å². The lowest BCUT2D eigenvalue weighted by Crippen LogP contribution is -2.33. The van der Waals surface area contributed by atoms with E-state index in [1.807, 2.05) is 18.5 Å². The first-order chi connectivity index (χ1) is 14.7. The first-order valence-electron chi connectivity index (χ1n) is 10.3. The molecule has 0 radical (unpaired) electrons. The normalized spacial score (nSPS) is 16.7. The molecule has 30 heavy (non-hydrogen) atoms. The predicted molar refractivity (Wildman–Crippen MR) is 120 cm³/mol. The number of morpholine rings is 1. The highest BCUT2D eigenvalue weighted by Gasteiger charge is 2.16. The van der Waals surface area contributed by atoms with Gasteiger partial charge < -0.3 is 19.9 Å². The molecule has 0 bridgehead atoms. The maximum atomic E-state index is 5.85. The van der Waals surface area contributed by atoms with Crippen molar-refractivity contribution < 1.29 is 4.74 Å². The fourth-order valence-electron chi connectivity index (χ4n) is 3.76. The maximum absolute atomic E-state index is 5.85. The fourth-order valence-corrected chi connectivity index (χ4v) is 3.76. The molecule has 1 fully saturated rings. The first kappa shape index (κ1) is 18.8. The van der Waals surface area contributed by atoms with Gasteiger partial charge in [-0.05, 0) is 60.9 Å².